The number of hydrogen-bond acceptors (Lipinski definition) is 5. The van der Waals surface area contributed by atoms with Gasteiger partial charge in [0, 0.05) is 24.9 Å². The lowest BCUT2D eigenvalue weighted by molar-refractivity contribution is 0.0958. The second-order valence-electron chi connectivity index (χ2n) is 6.08. The summed E-state index contributed by atoms with van der Waals surface area (Å²) in [5.41, 5.74) is 1.85. The van der Waals surface area contributed by atoms with E-state index >= 15 is 0 Å². The third-order valence-corrected chi connectivity index (χ3v) is 4.17. The largest absolute Gasteiger partial charge is 0.457 e. The Morgan fingerprint density at radius 1 is 1.07 bits per heavy atom. The molecule has 0 aliphatic carbocycles. The number of halogens is 1. The zero-order valence-corrected chi connectivity index (χ0v) is 15.4. The lowest BCUT2D eigenvalue weighted by atomic mass is 10.1. The lowest BCUT2D eigenvalue weighted by Gasteiger charge is -2.07. The number of aromatic nitrogens is 4. The van der Waals surface area contributed by atoms with Gasteiger partial charge < -0.3 is 10.1 Å². The van der Waals surface area contributed by atoms with Crippen LogP contribution >= 0.6 is 0 Å². The molecule has 2 aromatic carbocycles. The molecule has 1 N–H and O–H groups in total. The van der Waals surface area contributed by atoms with E-state index in [1.807, 2.05) is 0 Å². The summed E-state index contributed by atoms with van der Waals surface area (Å²) in [6.45, 7) is 0. The van der Waals surface area contributed by atoms with E-state index in [2.05, 4.69) is 20.6 Å². The van der Waals surface area contributed by atoms with Gasteiger partial charge in [0.15, 0.2) is 0 Å². The van der Waals surface area contributed by atoms with Gasteiger partial charge in [-0.2, -0.15) is 0 Å². The number of benzene rings is 2. The predicted octanol–water partition coefficient (Wildman–Crippen LogP) is 3.62. The van der Waals surface area contributed by atoms with Gasteiger partial charge in [-0.25, -0.2) is 9.07 Å². The van der Waals surface area contributed by atoms with Gasteiger partial charge in [-0.05, 0) is 42.5 Å². The molecule has 7 nitrogen and oxygen atoms in total. The molecule has 144 valence electrons. The highest BCUT2D eigenvalue weighted by atomic mass is 19.1. The molecule has 0 bridgehead atoms. The molecule has 0 radical (unpaired) electrons. The van der Waals surface area contributed by atoms with Gasteiger partial charge in [-0.3, -0.25) is 9.78 Å². The summed E-state index contributed by atoms with van der Waals surface area (Å²) in [5.74, 6) is 0.436. The SMILES string of the molecule is CNC(=O)c1cc(Oc2ccc(-n3cc(-c4ccccc4F)nn3)cc2)ccn1. The molecule has 0 fully saturated rings. The van der Waals surface area contributed by atoms with E-state index in [0.717, 1.165) is 5.69 Å². The third-order valence-electron chi connectivity index (χ3n) is 4.17. The van der Waals surface area contributed by atoms with Crippen molar-refractivity contribution in [2.24, 2.45) is 0 Å². The number of pyridine rings is 1. The van der Waals surface area contributed by atoms with Gasteiger partial charge in [0.05, 0.1) is 11.9 Å². The fourth-order valence-corrected chi connectivity index (χ4v) is 2.71. The Kier molecular flexibility index (Phi) is 4.98. The van der Waals surface area contributed by atoms with Crippen LogP contribution in [0.5, 0.6) is 11.5 Å². The first-order valence-electron chi connectivity index (χ1n) is 8.78. The summed E-state index contributed by atoms with van der Waals surface area (Å²) in [7, 11) is 1.54. The van der Waals surface area contributed by atoms with Gasteiger partial charge in [0.2, 0.25) is 0 Å². The zero-order chi connectivity index (χ0) is 20.2. The molecule has 2 aromatic heterocycles. The lowest BCUT2D eigenvalue weighted by Crippen LogP contribution is -2.18. The van der Waals surface area contributed by atoms with E-state index in [9.17, 15) is 9.18 Å². The van der Waals surface area contributed by atoms with Crippen molar-refractivity contribution in [3.05, 3.63) is 84.6 Å². The Morgan fingerprint density at radius 3 is 2.62 bits per heavy atom. The highest BCUT2D eigenvalue weighted by Crippen LogP contribution is 2.24. The summed E-state index contributed by atoms with van der Waals surface area (Å²) >= 11 is 0. The molecule has 0 aliphatic rings. The number of ether oxygens (including phenoxy) is 1. The molecule has 2 heterocycles. The summed E-state index contributed by atoms with van der Waals surface area (Å²) in [6.07, 6.45) is 3.17. The van der Waals surface area contributed by atoms with E-state index in [1.54, 1.807) is 65.5 Å². The van der Waals surface area contributed by atoms with Crippen molar-refractivity contribution >= 4 is 5.91 Å². The highest BCUT2D eigenvalue weighted by molar-refractivity contribution is 5.92. The first kappa shape index (κ1) is 18.3. The summed E-state index contributed by atoms with van der Waals surface area (Å²) in [4.78, 5) is 15.7. The molecule has 0 unspecified atom stereocenters. The second-order valence-corrected chi connectivity index (χ2v) is 6.08. The number of carbonyl (C=O) groups excluding carboxylic acids is 1. The molecular formula is C21H16FN5O2. The van der Waals surface area contributed by atoms with Crippen LogP contribution in [-0.4, -0.2) is 32.9 Å². The number of amides is 1. The normalized spacial score (nSPS) is 10.6. The van der Waals surface area contributed by atoms with Crippen LogP contribution in [0.15, 0.2) is 73.1 Å². The van der Waals surface area contributed by atoms with Crippen molar-refractivity contribution in [2.75, 3.05) is 7.05 Å². The first-order chi connectivity index (χ1) is 14.1. The summed E-state index contributed by atoms with van der Waals surface area (Å²) < 4.78 is 21.3. The van der Waals surface area contributed by atoms with Crippen molar-refractivity contribution in [3.8, 4) is 28.4 Å². The van der Waals surface area contributed by atoms with Crippen LogP contribution in [0.4, 0.5) is 4.39 Å². The molecule has 0 saturated carbocycles. The van der Waals surface area contributed by atoms with Crippen molar-refractivity contribution in [3.63, 3.8) is 0 Å². The Bertz CT molecular complexity index is 1160. The Labute approximate surface area is 165 Å². The second kappa shape index (κ2) is 7.89. The fourth-order valence-electron chi connectivity index (χ4n) is 2.71. The topological polar surface area (TPSA) is 81.9 Å². The fraction of sp³-hybridized carbons (Fsp3) is 0.0476. The maximum Gasteiger partial charge on any atom is 0.269 e. The Morgan fingerprint density at radius 2 is 1.86 bits per heavy atom. The minimum Gasteiger partial charge on any atom is -0.457 e. The van der Waals surface area contributed by atoms with Crippen LogP contribution in [0, 0.1) is 5.82 Å². The van der Waals surface area contributed by atoms with Crippen LogP contribution in [-0.2, 0) is 0 Å². The van der Waals surface area contributed by atoms with Crippen molar-refractivity contribution in [1.82, 2.24) is 25.3 Å². The van der Waals surface area contributed by atoms with E-state index in [0.29, 0.717) is 22.8 Å². The summed E-state index contributed by atoms with van der Waals surface area (Å²) in [5, 5.41) is 10.6. The zero-order valence-electron chi connectivity index (χ0n) is 15.4. The molecule has 1 amide bonds. The van der Waals surface area contributed by atoms with E-state index in [-0.39, 0.29) is 17.4 Å². The van der Waals surface area contributed by atoms with Gasteiger partial charge in [0.25, 0.3) is 5.91 Å². The number of nitrogens with zero attached hydrogens (tertiary/aromatic N) is 4. The third kappa shape index (κ3) is 3.96. The molecule has 4 rings (SSSR count). The average molecular weight is 389 g/mol. The minimum absolute atomic E-state index is 0.268. The maximum atomic E-state index is 13.9. The van der Waals surface area contributed by atoms with Crippen LogP contribution < -0.4 is 10.1 Å². The monoisotopic (exact) mass is 389 g/mol. The first-order valence-corrected chi connectivity index (χ1v) is 8.78. The number of nitrogens with one attached hydrogen (secondary N) is 1. The minimum atomic E-state index is -0.350. The van der Waals surface area contributed by atoms with E-state index in [1.165, 1.54) is 19.3 Å². The van der Waals surface area contributed by atoms with Crippen LogP contribution in [0.25, 0.3) is 16.9 Å². The smallest absolute Gasteiger partial charge is 0.269 e. The van der Waals surface area contributed by atoms with Crippen LogP contribution in [0.3, 0.4) is 0 Å². The molecule has 29 heavy (non-hydrogen) atoms. The van der Waals surface area contributed by atoms with Crippen molar-refractivity contribution < 1.29 is 13.9 Å². The molecule has 0 saturated heterocycles. The number of hydrogen-bond donors (Lipinski definition) is 1. The van der Waals surface area contributed by atoms with Gasteiger partial charge in [-0.15, -0.1) is 5.10 Å². The van der Waals surface area contributed by atoms with E-state index in [4.69, 9.17) is 4.74 Å². The number of rotatable bonds is 5. The van der Waals surface area contributed by atoms with Crippen molar-refractivity contribution in [2.45, 2.75) is 0 Å². The molecule has 8 heteroatoms. The van der Waals surface area contributed by atoms with E-state index < -0.39 is 0 Å². The van der Waals surface area contributed by atoms with Crippen LogP contribution in [0.1, 0.15) is 10.5 Å². The maximum absolute atomic E-state index is 13.9. The predicted molar refractivity (Wildman–Crippen MR) is 104 cm³/mol. The molecule has 0 aliphatic heterocycles. The average Bonchev–Trinajstić information content (AvgIpc) is 3.24. The molecule has 4 aromatic rings. The Hall–Kier alpha value is -4.07. The van der Waals surface area contributed by atoms with Gasteiger partial charge in [0.1, 0.15) is 28.7 Å². The van der Waals surface area contributed by atoms with Crippen molar-refractivity contribution in [1.29, 1.82) is 0 Å². The highest BCUT2D eigenvalue weighted by Gasteiger charge is 2.10. The number of carbonyl (C=O) groups is 1. The van der Waals surface area contributed by atoms with Crippen LogP contribution in [0.2, 0.25) is 0 Å². The molecule has 0 spiro atoms. The standard InChI is InChI=1S/C21H16FN5O2/c1-23-21(28)19-12-16(10-11-24-19)29-15-8-6-14(7-9-15)27-13-20(25-26-27)17-4-2-3-5-18(17)22/h2-13H,1H3,(H,23,28). The quantitative estimate of drug-likeness (QED) is 0.564. The van der Waals surface area contributed by atoms with Gasteiger partial charge >= 0.3 is 0 Å². The van der Waals surface area contributed by atoms with Gasteiger partial charge in [-0.1, -0.05) is 17.3 Å². The Balaban J connectivity index is 1.52. The summed E-state index contributed by atoms with van der Waals surface area (Å²) in [6, 6.07) is 16.8. The molecule has 0 atom stereocenters. The molecular weight excluding hydrogens is 373 g/mol.